The SMILES string of the molecule is O=C1NC[C@@H]2CN(c3ncc(-c4ccc5nc6n(c5n4)C4(COC6)COc5ccccc54)cn3)CCN12. The highest BCUT2D eigenvalue weighted by molar-refractivity contribution is 5.78. The van der Waals surface area contributed by atoms with E-state index in [-0.39, 0.29) is 12.1 Å². The molecule has 7 heterocycles. The van der Waals surface area contributed by atoms with Crippen LogP contribution >= 0.6 is 0 Å². The lowest BCUT2D eigenvalue weighted by Gasteiger charge is -2.36. The molecule has 0 aliphatic carbocycles. The molecule has 2 saturated heterocycles. The molecule has 1 aromatic carbocycles. The van der Waals surface area contributed by atoms with Crippen LogP contribution in [0.3, 0.4) is 0 Å². The number of nitrogens with zero attached hydrogens (tertiary/aromatic N) is 7. The molecule has 4 aliphatic heterocycles. The quantitative estimate of drug-likeness (QED) is 0.447. The van der Waals surface area contributed by atoms with E-state index in [1.807, 2.05) is 47.6 Å². The van der Waals surface area contributed by atoms with Crippen molar-refractivity contribution in [2.75, 3.05) is 44.3 Å². The Morgan fingerprint density at radius 2 is 1.92 bits per heavy atom. The zero-order chi connectivity index (χ0) is 24.6. The molecular weight excluding hydrogens is 472 g/mol. The number of aromatic nitrogens is 5. The highest BCUT2D eigenvalue weighted by atomic mass is 16.5. The van der Waals surface area contributed by atoms with E-state index in [1.54, 1.807) is 0 Å². The first-order valence-corrected chi connectivity index (χ1v) is 12.5. The number of hydrogen-bond acceptors (Lipinski definition) is 8. The van der Waals surface area contributed by atoms with Crippen molar-refractivity contribution in [3.8, 4) is 17.0 Å². The zero-order valence-corrected chi connectivity index (χ0v) is 20.0. The van der Waals surface area contributed by atoms with Crippen molar-refractivity contribution in [1.29, 1.82) is 0 Å². The standard InChI is InChI=1S/C26H24N8O3/c35-25-29-11-17-12-32(7-8-33(17)25)24-27-9-16(10-28-24)19-5-6-20-23(31-19)34-22(30-20)13-36-14-26(34)15-37-21-4-2-1-3-18(21)26/h1-6,9-10,17H,7-8,11-15H2,(H,29,35)/t17-,26?/m1/s1. The number of nitrogens with one attached hydrogen (secondary N) is 1. The lowest BCUT2D eigenvalue weighted by atomic mass is 9.91. The van der Waals surface area contributed by atoms with Crippen LogP contribution in [0.15, 0.2) is 48.8 Å². The van der Waals surface area contributed by atoms with E-state index in [4.69, 9.17) is 19.4 Å². The van der Waals surface area contributed by atoms with Crippen LogP contribution in [0.5, 0.6) is 5.75 Å². The molecule has 0 radical (unpaired) electrons. The van der Waals surface area contributed by atoms with Gasteiger partial charge in [-0.2, -0.15) is 0 Å². The molecule has 37 heavy (non-hydrogen) atoms. The van der Waals surface area contributed by atoms with E-state index in [0.29, 0.717) is 45.4 Å². The lowest BCUT2D eigenvalue weighted by Crippen LogP contribution is -2.52. The average Bonchev–Trinajstić information content (AvgIpc) is 3.63. The van der Waals surface area contributed by atoms with Gasteiger partial charge in [-0.1, -0.05) is 18.2 Å². The van der Waals surface area contributed by atoms with E-state index < -0.39 is 5.54 Å². The number of carbonyl (C=O) groups excluding carboxylic acids is 1. The number of anilines is 1. The van der Waals surface area contributed by atoms with Crippen LogP contribution in [-0.2, 0) is 16.9 Å². The first-order valence-electron chi connectivity index (χ1n) is 12.5. The monoisotopic (exact) mass is 496 g/mol. The first kappa shape index (κ1) is 20.9. The maximum Gasteiger partial charge on any atom is 0.317 e. The molecule has 1 N–H and O–H groups in total. The summed E-state index contributed by atoms with van der Waals surface area (Å²) in [6.07, 6.45) is 3.64. The fourth-order valence-corrected chi connectivity index (χ4v) is 6.05. The predicted molar refractivity (Wildman–Crippen MR) is 133 cm³/mol. The molecule has 2 amide bonds. The van der Waals surface area contributed by atoms with Gasteiger partial charge in [-0.25, -0.2) is 24.7 Å². The summed E-state index contributed by atoms with van der Waals surface area (Å²) in [5, 5.41) is 2.91. The van der Waals surface area contributed by atoms with Gasteiger partial charge in [0.25, 0.3) is 0 Å². The highest BCUT2D eigenvalue weighted by Gasteiger charge is 2.47. The third-order valence-electron chi connectivity index (χ3n) is 7.88. The summed E-state index contributed by atoms with van der Waals surface area (Å²) in [7, 11) is 0. The number of benzene rings is 1. The van der Waals surface area contributed by atoms with E-state index in [1.165, 1.54) is 0 Å². The minimum Gasteiger partial charge on any atom is -0.490 e. The Morgan fingerprint density at radius 1 is 1.03 bits per heavy atom. The fourth-order valence-electron chi connectivity index (χ4n) is 6.05. The van der Waals surface area contributed by atoms with Crippen molar-refractivity contribution in [1.82, 2.24) is 34.7 Å². The van der Waals surface area contributed by atoms with Crippen molar-refractivity contribution in [2.24, 2.45) is 0 Å². The van der Waals surface area contributed by atoms with Crippen LogP contribution in [0.1, 0.15) is 11.4 Å². The van der Waals surface area contributed by atoms with Crippen LogP contribution in [0.4, 0.5) is 10.7 Å². The fraction of sp³-hybridized carbons (Fsp3) is 0.346. The minimum atomic E-state index is -0.496. The highest BCUT2D eigenvalue weighted by Crippen LogP contribution is 2.44. The zero-order valence-electron chi connectivity index (χ0n) is 20.0. The second kappa shape index (κ2) is 7.62. The minimum absolute atomic E-state index is 0.0189. The van der Waals surface area contributed by atoms with Gasteiger partial charge in [0.1, 0.15) is 35.8 Å². The molecule has 2 atom stereocenters. The van der Waals surface area contributed by atoms with Gasteiger partial charge >= 0.3 is 6.03 Å². The van der Waals surface area contributed by atoms with Crippen molar-refractivity contribution in [3.63, 3.8) is 0 Å². The molecule has 1 unspecified atom stereocenters. The van der Waals surface area contributed by atoms with Gasteiger partial charge < -0.3 is 24.6 Å². The largest absolute Gasteiger partial charge is 0.490 e. The molecule has 11 heteroatoms. The van der Waals surface area contributed by atoms with Crippen LogP contribution < -0.4 is 15.0 Å². The second-order valence-corrected chi connectivity index (χ2v) is 9.96. The Kier molecular flexibility index (Phi) is 4.31. The molecule has 2 fully saturated rings. The number of rotatable bonds is 2. The third kappa shape index (κ3) is 3.00. The predicted octanol–water partition coefficient (Wildman–Crippen LogP) is 1.77. The molecular formula is C26H24N8O3. The number of hydrogen-bond donors (Lipinski definition) is 1. The number of urea groups is 1. The molecule has 8 rings (SSSR count). The molecule has 0 bridgehead atoms. The van der Waals surface area contributed by atoms with Crippen molar-refractivity contribution in [3.05, 3.63) is 60.2 Å². The molecule has 4 aliphatic rings. The topological polar surface area (TPSA) is 111 Å². The molecule has 1 spiro atoms. The van der Waals surface area contributed by atoms with Gasteiger partial charge in [0.05, 0.1) is 18.3 Å². The summed E-state index contributed by atoms with van der Waals surface area (Å²) in [5.74, 6) is 2.39. The van der Waals surface area contributed by atoms with Gasteiger partial charge in [-0.05, 0) is 18.2 Å². The average molecular weight is 497 g/mol. The number of pyridine rings is 1. The maximum atomic E-state index is 11.9. The summed E-state index contributed by atoms with van der Waals surface area (Å²) < 4.78 is 14.3. The molecule has 4 aromatic rings. The van der Waals surface area contributed by atoms with Crippen molar-refractivity contribution >= 4 is 23.1 Å². The van der Waals surface area contributed by atoms with E-state index >= 15 is 0 Å². The Hall–Kier alpha value is -4.25. The van der Waals surface area contributed by atoms with Crippen LogP contribution in [0, 0.1) is 0 Å². The maximum absolute atomic E-state index is 11.9. The van der Waals surface area contributed by atoms with Gasteiger partial charge in [0.15, 0.2) is 5.65 Å². The number of imidazole rings is 1. The summed E-state index contributed by atoms with van der Waals surface area (Å²) in [5.41, 5.74) is 3.84. The summed E-state index contributed by atoms with van der Waals surface area (Å²) in [6.45, 7) is 4.18. The van der Waals surface area contributed by atoms with Crippen LogP contribution in [0.25, 0.3) is 22.4 Å². The van der Waals surface area contributed by atoms with Crippen molar-refractivity contribution in [2.45, 2.75) is 18.2 Å². The molecule has 3 aromatic heterocycles. The van der Waals surface area contributed by atoms with Gasteiger partial charge in [0.2, 0.25) is 5.95 Å². The number of para-hydroxylation sites is 1. The van der Waals surface area contributed by atoms with E-state index in [2.05, 4.69) is 30.8 Å². The number of fused-ring (bicyclic) bond motifs is 7. The Labute approximate surface area is 212 Å². The number of piperazine rings is 1. The molecule has 0 saturated carbocycles. The van der Waals surface area contributed by atoms with Gasteiger partial charge in [-0.3, -0.25) is 4.57 Å². The second-order valence-electron chi connectivity index (χ2n) is 9.96. The third-order valence-corrected chi connectivity index (χ3v) is 7.88. The number of amides is 2. The lowest BCUT2D eigenvalue weighted by molar-refractivity contribution is 0.0134. The normalized spacial score (nSPS) is 24.1. The first-order chi connectivity index (χ1) is 18.2. The van der Waals surface area contributed by atoms with Gasteiger partial charge in [-0.15, -0.1) is 0 Å². The smallest absolute Gasteiger partial charge is 0.317 e. The van der Waals surface area contributed by atoms with Gasteiger partial charge in [0, 0.05) is 49.7 Å². The van der Waals surface area contributed by atoms with Crippen molar-refractivity contribution < 1.29 is 14.3 Å². The summed E-state index contributed by atoms with van der Waals surface area (Å²) >= 11 is 0. The summed E-state index contributed by atoms with van der Waals surface area (Å²) in [4.78, 5) is 35.1. The molecule has 186 valence electrons. The molecule has 11 nitrogen and oxygen atoms in total. The number of ether oxygens (including phenoxy) is 2. The Bertz CT molecular complexity index is 1550. The Balaban J connectivity index is 1.14. The Morgan fingerprint density at radius 3 is 2.84 bits per heavy atom. The van der Waals surface area contributed by atoms with Crippen LogP contribution in [-0.4, -0.2) is 80.9 Å². The number of carbonyl (C=O) groups is 1. The summed E-state index contributed by atoms with van der Waals surface area (Å²) in [6, 6.07) is 12.2. The van der Waals surface area contributed by atoms with E-state index in [0.717, 1.165) is 46.1 Å². The van der Waals surface area contributed by atoms with Crippen LogP contribution in [0.2, 0.25) is 0 Å². The van der Waals surface area contributed by atoms with E-state index in [9.17, 15) is 4.79 Å².